The average molecular weight is 303 g/mol. The molecule has 0 aliphatic rings. The Kier molecular flexibility index (Phi) is 5.59. The molecular formula is C8H7BrCl2FNO. The molecule has 0 aliphatic heterocycles. The van der Waals surface area contributed by atoms with Crippen LogP contribution in [0, 0.1) is 5.82 Å². The number of Topliss-reactive ketones (excluding diaryl/α,β-unsaturated/α-hetero) is 1. The van der Waals surface area contributed by atoms with Crippen LogP contribution in [0.2, 0.25) is 5.02 Å². The maximum atomic E-state index is 13.1. The van der Waals surface area contributed by atoms with Gasteiger partial charge in [-0.3, -0.25) is 4.79 Å². The Hall–Kier alpha value is -0.160. The van der Waals surface area contributed by atoms with Crippen LogP contribution in [0.3, 0.4) is 0 Å². The number of ketones is 1. The van der Waals surface area contributed by atoms with Gasteiger partial charge in [-0.1, -0.05) is 11.6 Å². The van der Waals surface area contributed by atoms with Gasteiger partial charge in [0, 0.05) is 4.47 Å². The van der Waals surface area contributed by atoms with Crippen molar-refractivity contribution in [3.05, 3.63) is 33.0 Å². The fourth-order valence-corrected chi connectivity index (χ4v) is 1.47. The van der Waals surface area contributed by atoms with Crippen LogP contribution in [-0.2, 0) is 0 Å². The van der Waals surface area contributed by atoms with Crippen molar-refractivity contribution in [2.75, 3.05) is 6.54 Å². The molecule has 0 heterocycles. The van der Waals surface area contributed by atoms with E-state index in [1.807, 2.05) is 0 Å². The molecule has 0 aromatic heterocycles. The minimum Gasteiger partial charge on any atom is -0.324 e. The van der Waals surface area contributed by atoms with E-state index in [1.54, 1.807) is 0 Å². The van der Waals surface area contributed by atoms with Crippen molar-refractivity contribution in [3.8, 4) is 0 Å². The van der Waals surface area contributed by atoms with Crippen LogP contribution < -0.4 is 5.73 Å². The summed E-state index contributed by atoms with van der Waals surface area (Å²) in [4.78, 5) is 11.1. The number of halogens is 4. The first-order valence-corrected chi connectivity index (χ1v) is 4.61. The minimum absolute atomic E-state index is 0. The van der Waals surface area contributed by atoms with Crippen molar-refractivity contribution >= 4 is 45.7 Å². The fraction of sp³-hybridized carbons (Fsp3) is 0.125. The lowest BCUT2D eigenvalue weighted by molar-refractivity contribution is 0.0997. The lowest BCUT2D eigenvalue weighted by atomic mass is 10.1. The highest BCUT2D eigenvalue weighted by molar-refractivity contribution is 9.10. The number of benzene rings is 1. The number of carbonyl (C=O) groups is 1. The van der Waals surface area contributed by atoms with Crippen LogP contribution in [0.4, 0.5) is 4.39 Å². The summed E-state index contributed by atoms with van der Waals surface area (Å²) in [6.45, 7) is -0.257. The summed E-state index contributed by atoms with van der Waals surface area (Å²) in [5, 5.41) is 0.0652. The Morgan fingerprint density at radius 3 is 2.64 bits per heavy atom. The molecule has 0 fully saturated rings. The average Bonchev–Trinajstić information content (AvgIpc) is 2.12. The van der Waals surface area contributed by atoms with Crippen LogP contribution >= 0.6 is 39.9 Å². The van der Waals surface area contributed by atoms with Crippen molar-refractivity contribution in [3.63, 3.8) is 0 Å². The second-order valence-electron chi connectivity index (χ2n) is 2.35. The van der Waals surface area contributed by atoms with Crippen LogP contribution in [-0.4, -0.2) is 12.3 Å². The Morgan fingerprint density at radius 2 is 2.14 bits per heavy atom. The summed E-state index contributed by atoms with van der Waals surface area (Å²) < 4.78 is 13.6. The number of hydrogen-bond donors (Lipinski definition) is 1. The Morgan fingerprint density at radius 1 is 1.57 bits per heavy atom. The van der Waals surface area contributed by atoms with E-state index >= 15 is 0 Å². The molecule has 0 saturated heterocycles. The molecule has 6 heteroatoms. The molecule has 0 unspecified atom stereocenters. The first kappa shape index (κ1) is 13.8. The molecule has 0 atom stereocenters. The molecule has 0 amide bonds. The van der Waals surface area contributed by atoms with Crippen molar-refractivity contribution in [2.24, 2.45) is 5.73 Å². The monoisotopic (exact) mass is 301 g/mol. The summed E-state index contributed by atoms with van der Waals surface area (Å²) in [5.41, 5.74) is 4.95. The standard InChI is InChI=1S/C8H6BrClFNO.ClH/c9-4-1-2-5(11)7(8(4)10)6(13)3-12;/h1-2H,3,12H2;1H. The van der Waals surface area contributed by atoms with Crippen molar-refractivity contribution < 1.29 is 9.18 Å². The van der Waals surface area contributed by atoms with E-state index in [1.165, 1.54) is 12.1 Å². The van der Waals surface area contributed by atoms with Crippen LogP contribution in [0.15, 0.2) is 16.6 Å². The first-order chi connectivity index (χ1) is 6.07. The summed E-state index contributed by atoms with van der Waals surface area (Å²) in [5.74, 6) is -1.16. The molecule has 1 rings (SSSR count). The van der Waals surface area contributed by atoms with Crippen LogP contribution in [0.25, 0.3) is 0 Å². The predicted octanol–water partition coefficient (Wildman–Crippen LogP) is 2.80. The molecule has 14 heavy (non-hydrogen) atoms. The summed E-state index contributed by atoms with van der Waals surface area (Å²) >= 11 is 8.79. The second-order valence-corrected chi connectivity index (χ2v) is 3.58. The van der Waals surface area contributed by atoms with Gasteiger partial charge in [0.1, 0.15) is 5.82 Å². The summed E-state index contributed by atoms with van der Waals surface area (Å²) in [6, 6.07) is 2.60. The van der Waals surface area contributed by atoms with E-state index < -0.39 is 11.6 Å². The van der Waals surface area contributed by atoms with E-state index in [-0.39, 0.29) is 29.5 Å². The number of hydrogen-bond acceptors (Lipinski definition) is 2. The molecule has 2 N–H and O–H groups in total. The maximum Gasteiger partial charge on any atom is 0.180 e. The minimum atomic E-state index is -0.649. The third-order valence-corrected chi connectivity index (χ3v) is 2.79. The van der Waals surface area contributed by atoms with Gasteiger partial charge in [-0.25, -0.2) is 4.39 Å². The van der Waals surface area contributed by atoms with E-state index in [2.05, 4.69) is 15.9 Å². The smallest absolute Gasteiger partial charge is 0.180 e. The highest BCUT2D eigenvalue weighted by Crippen LogP contribution is 2.28. The van der Waals surface area contributed by atoms with Crippen molar-refractivity contribution in [1.82, 2.24) is 0 Å². The fourth-order valence-electron chi connectivity index (χ4n) is 0.885. The largest absolute Gasteiger partial charge is 0.324 e. The lowest BCUT2D eigenvalue weighted by Gasteiger charge is -2.04. The van der Waals surface area contributed by atoms with Crippen LogP contribution in [0.1, 0.15) is 10.4 Å². The number of carbonyl (C=O) groups excluding carboxylic acids is 1. The zero-order chi connectivity index (χ0) is 10.0. The Labute approximate surface area is 100 Å². The van der Waals surface area contributed by atoms with E-state index in [9.17, 15) is 9.18 Å². The molecule has 2 nitrogen and oxygen atoms in total. The highest BCUT2D eigenvalue weighted by atomic mass is 79.9. The van der Waals surface area contributed by atoms with Gasteiger partial charge in [-0.15, -0.1) is 12.4 Å². The highest BCUT2D eigenvalue weighted by Gasteiger charge is 2.16. The normalized spacial score (nSPS) is 9.43. The van der Waals surface area contributed by atoms with E-state index in [4.69, 9.17) is 17.3 Å². The van der Waals surface area contributed by atoms with Gasteiger partial charge in [-0.05, 0) is 28.1 Å². The summed E-state index contributed by atoms with van der Waals surface area (Å²) in [7, 11) is 0. The SMILES string of the molecule is Cl.NCC(=O)c1c(F)ccc(Br)c1Cl. The zero-order valence-electron chi connectivity index (χ0n) is 6.89. The Bertz CT molecular complexity index is 359. The molecule has 78 valence electrons. The molecule has 0 radical (unpaired) electrons. The molecule has 0 bridgehead atoms. The Balaban J connectivity index is 0.00000169. The molecule has 0 saturated carbocycles. The first-order valence-electron chi connectivity index (χ1n) is 3.44. The summed E-state index contributed by atoms with van der Waals surface area (Å²) in [6.07, 6.45) is 0. The predicted molar refractivity (Wildman–Crippen MR) is 59.7 cm³/mol. The molecule has 0 spiro atoms. The molecule has 1 aromatic rings. The van der Waals surface area contributed by atoms with Gasteiger partial charge in [0.05, 0.1) is 17.1 Å². The van der Waals surface area contributed by atoms with Gasteiger partial charge in [0.25, 0.3) is 0 Å². The van der Waals surface area contributed by atoms with Gasteiger partial charge < -0.3 is 5.73 Å². The maximum absolute atomic E-state index is 13.1. The topological polar surface area (TPSA) is 43.1 Å². The van der Waals surface area contributed by atoms with Crippen LogP contribution in [0.5, 0.6) is 0 Å². The number of nitrogens with two attached hydrogens (primary N) is 1. The van der Waals surface area contributed by atoms with E-state index in [0.717, 1.165) is 0 Å². The molecule has 0 aliphatic carbocycles. The third-order valence-electron chi connectivity index (χ3n) is 1.51. The van der Waals surface area contributed by atoms with Gasteiger partial charge in [-0.2, -0.15) is 0 Å². The molecular weight excluding hydrogens is 296 g/mol. The van der Waals surface area contributed by atoms with Crippen molar-refractivity contribution in [1.29, 1.82) is 0 Å². The zero-order valence-corrected chi connectivity index (χ0v) is 10.0. The molecule has 1 aromatic carbocycles. The quantitative estimate of drug-likeness (QED) is 0.674. The lowest BCUT2D eigenvalue weighted by Crippen LogP contribution is -2.15. The second kappa shape index (κ2) is 5.66. The van der Waals surface area contributed by atoms with Gasteiger partial charge in [0.2, 0.25) is 0 Å². The number of rotatable bonds is 2. The van der Waals surface area contributed by atoms with Gasteiger partial charge in [0.15, 0.2) is 5.78 Å². The third kappa shape index (κ3) is 2.67. The van der Waals surface area contributed by atoms with Gasteiger partial charge >= 0.3 is 0 Å². The van der Waals surface area contributed by atoms with E-state index in [0.29, 0.717) is 4.47 Å². The van der Waals surface area contributed by atoms with Crippen molar-refractivity contribution in [2.45, 2.75) is 0 Å².